The summed E-state index contributed by atoms with van der Waals surface area (Å²) in [7, 11) is 0. The summed E-state index contributed by atoms with van der Waals surface area (Å²) in [5.74, 6) is 0.483. The molecule has 0 saturated heterocycles. The highest BCUT2D eigenvalue weighted by molar-refractivity contribution is 14.0. The number of halogens is 1. The van der Waals surface area contributed by atoms with Crippen LogP contribution in [0.25, 0.3) is 0 Å². The third-order valence-corrected chi connectivity index (χ3v) is 4.01. The molecule has 120 valence electrons. The summed E-state index contributed by atoms with van der Waals surface area (Å²) in [5, 5.41) is 6.41. The van der Waals surface area contributed by atoms with Crippen LogP contribution >= 0.6 is 35.3 Å². The smallest absolute Gasteiger partial charge is 0.188 e. The van der Waals surface area contributed by atoms with Crippen LogP contribution in [0.15, 0.2) is 34.8 Å². The quantitative estimate of drug-likeness (QED) is 0.401. The fraction of sp³-hybridized carbons (Fsp3) is 0.400. The number of hydrogen-bond acceptors (Lipinski definition) is 4. The van der Waals surface area contributed by atoms with Crippen LogP contribution in [0.5, 0.6) is 0 Å². The van der Waals surface area contributed by atoms with Crippen LogP contribution < -0.4 is 11.1 Å². The van der Waals surface area contributed by atoms with Crippen LogP contribution in [-0.4, -0.2) is 29.0 Å². The Morgan fingerprint density at radius 1 is 1.32 bits per heavy atom. The van der Waals surface area contributed by atoms with Crippen molar-refractivity contribution in [1.82, 2.24) is 15.3 Å². The lowest BCUT2D eigenvalue weighted by Crippen LogP contribution is -2.33. The maximum absolute atomic E-state index is 5.83. The van der Waals surface area contributed by atoms with Gasteiger partial charge < -0.3 is 11.1 Å². The van der Waals surface area contributed by atoms with Gasteiger partial charge >= 0.3 is 0 Å². The number of nitrogens with two attached hydrogens (primary N) is 1. The van der Waals surface area contributed by atoms with Crippen molar-refractivity contribution in [3.05, 3.63) is 46.2 Å². The third-order valence-electron chi connectivity index (χ3n) is 2.97. The maximum Gasteiger partial charge on any atom is 0.188 e. The minimum Gasteiger partial charge on any atom is -0.370 e. The second-order valence-corrected chi connectivity index (χ2v) is 5.54. The normalized spacial score (nSPS) is 11.0. The Morgan fingerprint density at radius 2 is 2.18 bits per heavy atom. The molecule has 0 amide bonds. The molecule has 7 heteroatoms. The first kappa shape index (κ1) is 18.8. The van der Waals surface area contributed by atoms with Gasteiger partial charge in [0.2, 0.25) is 0 Å². The Bertz CT molecular complexity index is 570. The second-order valence-electron chi connectivity index (χ2n) is 4.60. The van der Waals surface area contributed by atoms with Gasteiger partial charge in [-0.3, -0.25) is 9.98 Å². The van der Waals surface area contributed by atoms with E-state index in [-0.39, 0.29) is 24.0 Å². The second kappa shape index (κ2) is 10.5. The number of pyridine rings is 1. The molecule has 0 aromatic carbocycles. The lowest BCUT2D eigenvalue weighted by Gasteiger charge is -2.04. The Kier molecular flexibility index (Phi) is 8.98. The molecule has 2 rings (SSSR count). The molecule has 0 aliphatic carbocycles. The molecule has 0 bridgehead atoms. The Balaban J connectivity index is 0.00000242. The number of aryl methyl sites for hydroxylation is 1. The van der Waals surface area contributed by atoms with Gasteiger partial charge in [0.05, 0.1) is 10.7 Å². The van der Waals surface area contributed by atoms with Crippen molar-refractivity contribution >= 4 is 41.3 Å². The van der Waals surface area contributed by atoms with Crippen molar-refractivity contribution < 1.29 is 0 Å². The highest BCUT2D eigenvalue weighted by Crippen LogP contribution is 2.10. The first-order valence-electron chi connectivity index (χ1n) is 7.15. The maximum atomic E-state index is 5.83. The summed E-state index contributed by atoms with van der Waals surface area (Å²) in [6, 6.07) is 5.88. The van der Waals surface area contributed by atoms with Crippen LogP contribution in [0.3, 0.4) is 0 Å². The van der Waals surface area contributed by atoms with E-state index in [4.69, 9.17) is 5.73 Å². The molecule has 0 unspecified atom stereocenters. The van der Waals surface area contributed by atoms with E-state index < -0.39 is 0 Å². The fourth-order valence-corrected chi connectivity index (χ4v) is 2.62. The Morgan fingerprint density at radius 3 is 2.86 bits per heavy atom. The number of thiazole rings is 1. The zero-order chi connectivity index (χ0) is 14.9. The van der Waals surface area contributed by atoms with Gasteiger partial charge in [0.15, 0.2) is 5.96 Å². The molecule has 5 nitrogen and oxygen atoms in total. The molecule has 3 N–H and O–H groups in total. The van der Waals surface area contributed by atoms with Crippen molar-refractivity contribution in [1.29, 1.82) is 0 Å². The van der Waals surface area contributed by atoms with Gasteiger partial charge in [0.1, 0.15) is 0 Å². The first-order chi connectivity index (χ1) is 10.3. The van der Waals surface area contributed by atoms with Gasteiger partial charge in [-0.15, -0.1) is 35.3 Å². The molecule has 0 spiro atoms. The molecule has 0 aliphatic heterocycles. The zero-order valence-corrected chi connectivity index (χ0v) is 15.8. The summed E-state index contributed by atoms with van der Waals surface area (Å²) in [5.41, 5.74) is 7.98. The number of nitrogens with one attached hydrogen (secondary N) is 1. The van der Waals surface area contributed by atoms with Gasteiger partial charge in [0.25, 0.3) is 0 Å². The molecule has 0 atom stereocenters. The van der Waals surface area contributed by atoms with Crippen molar-refractivity contribution in [2.45, 2.75) is 26.2 Å². The molecule has 2 aromatic rings. The monoisotopic (exact) mass is 431 g/mol. The number of guanidine groups is 1. The number of aliphatic imine (C=N–C) groups is 1. The molecule has 0 saturated carbocycles. The van der Waals surface area contributed by atoms with Gasteiger partial charge in [-0.05, 0) is 18.6 Å². The molecule has 22 heavy (non-hydrogen) atoms. The molecule has 0 fully saturated rings. The van der Waals surface area contributed by atoms with Crippen LogP contribution in [0, 0.1) is 0 Å². The fourth-order valence-electron chi connectivity index (χ4n) is 1.84. The molecule has 2 heterocycles. The van der Waals surface area contributed by atoms with E-state index in [1.54, 1.807) is 17.5 Å². The zero-order valence-electron chi connectivity index (χ0n) is 12.7. The summed E-state index contributed by atoms with van der Waals surface area (Å²) >= 11 is 1.71. The average molecular weight is 431 g/mol. The molecular formula is C15H22IN5S. The van der Waals surface area contributed by atoms with E-state index >= 15 is 0 Å². The van der Waals surface area contributed by atoms with Crippen LogP contribution in [-0.2, 0) is 19.3 Å². The van der Waals surface area contributed by atoms with Gasteiger partial charge in [-0.2, -0.15) is 0 Å². The number of hydrogen-bond donors (Lipinski definition) is 2. The summed E-state index contributed by atoms with van der Waals surface area (Å²) in [4.78, 5) is 13.1. The van der Waals surface area contributed by atoms with Gasteiger partial charge in [-0.1, -0.05) is 13.0 Å². The van der Waals surface area contributed by atoms with E-state index in [1.165, 1.54) is 5.01 Å². The molecule has 2 aromatic heterocycles. The van der Waals surface area contributed by atoms with Crippen LogP contribution in [0.1, 0.15) is 23.3 Å². The lowest BCUT2D eigenvalue weighted by atomic mass is 10.3. The van der Waals surface area contributed by atoms with E-state index in [0.29, 0.717) is 12.5 Å². The number of aromatic nitrogens is 2. The van der Waals surface area contributed by atoms with Crippen molar-refractivity contribution in [3.8, 4) is 0 Å². The Labute approximate surface area is 152 Å². The minimum atomic E-state index is 0. The SMILES string of the molecule is CCc1nc(CCNC(N)=NCCc2ccccn2)cs1.I. The standard InChI is InChI=1S/C15H21N5S.HI/c1-2-14-20-13(11-21-14)7-10-19-15(16)18-9-6-12-5-3-4-8-17-12;/h3-5,8,11H,2,6-7,9-10H2,1H3,(H3,16,18,19);1H. The molecular weight excluding hydrogens is 409 g/mol. The van der Waals surface area contributed by atoms with Crippen molar-refractivity contribution in [2.24, 2.45) is 10.7 Å². The summed E-state index contributed by atoms with van der Waals surface area (Å²) in [6.45, 7) is 3.52. The van der Waals surface area contributed by atoms with E-state index in [0.717, 1.165) is 37.2 Å². The lowest BCUT2D eigenvalue weighted by molar-refractivity contribution is 0.823. The van der Waals surface area contributed by atoms with E-state index in [9.17, 15) is 0 Å². The number of rotatable bonds is 7. The highest BCUT2D eigenvalue weighted by atomic mass is 127. The van der Waals surface area contributed by atoms with Crippen LogP contribution in [0.2, 0.25) is 0 Å². The van der Waals surface area contributed by atoms with Crippen molar-refractivity contribution in [3.63, 3.8) is 0 Å². The minimum absolute atomic E-state index is 0. The summed E-state index contributed by atoms with van der Waals surface area (Å²) < 4.78 is 0. The Hall–Kier alpha value is -1.22. The predicted molar refractivity (Wildman–Crippen MR) is 103 cm³/mol. The van der Waals surface area contributed by atoms with Gasteiger partial charge in [-0.25, -0.2) is 4.98 Å². The van der Waals surface area contributed by atoms with E-state index in [2.05, 4.69) is 32.6 Å². The highest BCUT2D eigenvalue weighted by Gasteiger charge is 2.00. The summed E-state index contributed by atoms with van der Waals surface area (Å²) in [6.07, 6.45) is 4.45. The number of nitrogens with zero attached hydrogens (tertiary/aromatic N) is 3. The largest absolute Gasteiger partial charge is 0.370 e. The average Bonchev–Trinajstić information content (AvgIpc) is 2.96. The topological polar surface area (TPSA) is 76.2 Å². The molecule has 0 radical (unpaired) electrons. The van der Waals surface area contributed by atoms with E-state index in [1.807, 2.05) is 18.2 Å². The predicted octanol–water partition coefficient (Wildman–Crippen LogP) is 2.41. The molecule has 0 aliphatic rings. The first-order valence-corrected chi connectivity index (χ1v) is 8.03. The van der Waals surface area contributed by atoms with Crippen LogP contribution in [0.4, 0.5) is 0 Å². The third kappa shape index (κ3) is 6.69. The van der Waals surface area contributed by atoms with Crippen molar-refractivity contribution in [2.75, 3.05) is 13.1 Å². The van der Waals surface area contributed by atoms with Gasteiger partial charge in [0, 0.05) is 43.2 Å².